The first kappa shape index (κ1) is 24.7. The van der Waals surface area contributed by atoms with Crippen LogP contribution < -0.4 is 10.1 Å². The lowest BCUT2D eigenvalue weighted by atomic mass is 10.1. The number of nitriles is 1. The first-order chi connectivity index (χ1) is 18.1. The van der Waals surface area contributed by atoms with Crippen molar-refractivity contribution < 1.29 is 14.3 Å². The molecule has 1 amide bonds. The summed E-state index contributed by atoms with van der Waals surface area (Å²) in [6.07, 6.45) is 9.86. The van der Waals surface area contributed by atoms with Crippen LogP contribution in [0.3, 0.4) is 0 Å². The molecule has 5 rings (SSSR count). The molecule has 2 aliphatic rings. The number of amides is 1. The number of hydrogen-bond acceptors (Lipinski definition) is 8. The summed E-state index contributed by atoms with van der Waals surface area (Å²) in [5.74, 6) is 1.41. The van der Waals surface area contributed by atoms with Crippen LogP contribution in [0.5, 0.6) is 5.75 Å². The van der Waals surface area contributed by atoms with Crippen molar-refractivity contribution in [1.29, 1.82) is 5.26 Å². The van der Waals surface area contributed by atoms with Gasteiger partial charge in [0.05, 0.1) is 44.1 Å². The summed E-state index contributed by atoms with van der Waals surface area (Å²) in [5.41, 5.74) is 2.71. The van der Waals surface area contributed by atoms with Gasteiger partial charge in [-0.2, -0.15) is 10.4 Å². The highest BCUT2D eigenvalue weighted by atomic mass is 16.5. The molecule has 1 saturated carbocycles. The van der Waals surface area contributed by atoms with Crippen LogP contribution in [0.15, 0.2) is 42.9 Å². The van der Waals surface area contributed by atoms with E-state index < -0.39 is 0 Å². The summed E-state index contributed by atoms with van der Waals surface area (Å²) in [4.78, 5) is 24.0. The number of ether oxygens (including phenoxy) is 2. The van der Waals surface area contributed by atoms with Gasteiger partial charge in [-0.15, -0.1) is 0 Å². The van der Waals surface area contributed by atoms with E-state index in [0.717, 1.165) is 31.2 Å². The van der Waals surface area contributed by atoms with Crippen LogP contribution in [0.1, 0.15) is 48.5 Å². The number of nitrogens with one attached hydrogen (secondary N) is 1. The van der Waals surface area contributed by atoms with Crippen LogP contribution in [0.2, 0.25) is 0 Å². The Kier molecular flexibility index (Phi) is 7.32. The van der Waals surface area contributed by atoms with Gasteiger partial charge in [-0.1, -0.05) is 6.07 Å². The van der Waals surface area contributed by atoms with E-state index in [2.05, 4.69) is 21.5 Å². The molecule has 3 aromatic rings. The van der Waals surface area contributed by atoms with Gasteiger partial charge in [0.15, 0.2) is 5.75 Å². The largest absolute Gasteiger partial charge is 0.493 e. The Balaban J connectivity index is 1.34. The minimum absolute atomic E-state index is 0.00421. The third-order valence-corrected chi connectivity index (χ3v) is 7.08. The Hall–Kier alpha value is -3.97. The molecule has 2 aromatic heterocycles. The molecule has 1 aliphatic carbocycles. The highest BCUT2D eigenvalue weighted by molar-refractivity contribution is 5.95. The highest BCUT2D eigenvalue weighted by Gasteiger charge is 2.33. The fourth-order valence-corrected chi connectivity index (χ4v) is 4.82. The van der Waals surface area contributed by atoms with E-state index in [4.69, 9.17) is 14.5 Å². The molecule has 0 spiro atoms. The van der Waals surface area contributed by atoms with Gasteiger partial charge in [-0.25, -0.2) is 9.97 Å². The third kappa shape index (κ3) is 5.57. The van der Waals surface area contributed by atoms with Crippen LogP contribution in [-0.2, 0) is 4.74 Å². The number of hydrogen-bond donors (Lipinski definition) is 1. The summed E-state index contributed by atoms with van der Waals surface area (Å²) >= 11 is 0. The van der Waals surface area contributed by atoms with Crippen LogP contribution in [0.4, 0.5) is 11.6 Å². The molecule has 3 heterocycles. The zero-order valence-electron chi connectivity index (χ0n) is 21.1. The van der Waals surface area contributed by atoms with E-state index in [9.17, 15) is 10.1 Å². The standard InChI is InChI=1S/C27H31N7O3/c1-36-22-9-12-33(13-10-22)26(35)19-4-3-5-21(14-19)31-27-29-16-24(37-2)25(32-27)20-15-30-34(17-20)23(8-11-28)18-6-7-18/h3-5,14-18,22-23H,6-10,12-13H2,1-2H3,(H,29,31,32). The van der Waals surface area contributed by atoms with Crippen LogP contribution in [0.25, 0.3) is 11.3 Å². The van der Waals surface area contributed by atoms with E-state index in [0.29, 0.717) is 54.1 Å². The van der Waals surface area contributed by atoms with E-state index in [1.54, 1.807) is 26.6 Å². The zero-order valence-corrected chi connectivity index (χ0v) is 21.1. The van der Waals surface area contributed by atoms with Crippen molar-refractivity contribution in [1.82, 2.24) is 24.6 Å². The number of likely N-dealkylation sites (tertiary alicyclic amines) is 1. The van der Waals surface area contributed by atoms with Crippen LogP contribution in [0, 0.1) is 17.2 Å². The van der Waals surface area contributed by atoms with Crippen molar-refractivity contribution in [2.24, 2.45) is 5.92 Å². The Bertz CT molecular complexity index is 1290. The van der Waals surface area contributed by atoms with Crippen molar-refractivity contribution in [2.45, 2.75) is 44.2 Å². The number of rotatable bonds is 9. The zero-order chi connectivity index (χ0) is 25.8. The van der Waals surface area contributed by atoms with E-state index >= 15 is 0 Å². The van der Waals surface area contributed by atoms with Gasteiger partial charge in [0.2, 0.25) is 5.95 Å². The molecule has 1 N–H and O–H groups in total. The van der Waals surface area contributed by atoms with Gasteiger partial charge in [0.25, 0.3) is 5.91 Å². The monoisotopic (exact) mass is 501 g/mol. The second-order valence-electron chi connectivity index (χ2n) is 9.52. The molecule has 1 atom stereocenters. The molecule has 2 fully saturated rings. The van der Waals surface area contributed by atoms with Crippen LogP contribution in [-0.4, -0.2) is 64.0 Å². The second kappa shape index (κ2) is 11.0. The predicted molar refractivity (Wildman–Crippen MR) is 137 cm³/mol. The smallest absolute Gasteiger partial charge is 0.253 e. The lowest BCUT2D eigenvalue weighted by Gasteiger charge is -2.31. The number of carbonyl (C=O) groups excluding carboxylic acids is 1. The lowest BCUT2D eigenvalue weighted by molar-refractivity contribution is 0.0351. The molecule has 192 valence electrons. The molecule has 0 bridgehead atoms. The minimum atomic E-state index is 0.00421. The number of benzene rings is 1. The Labute approximate surface area is 216 Å². The van der Waals surface area contributed by atoms with E-state index in [1.807, 2.05) is 40.0 Å². The molecule has 1 aliphatic heterocycles. The summed E-state index contributed by atoms with van der Waals surface area (Å²) in [5, 5.41) is 17.0. The number of piperidine rings is 1. The third-order valence-electron chi connectivity index (χ3n) is 7.08. The van der Waals surface area contributed by atoms with Gasteiger partial charge in [0, 0.05) is 43.2 Å². The normalized spacial score (nSPS) is 16.7. The van der Waals surface area contributed by atoms with Crippen molar-refractivity contribution in [3.63, 3.8) is 0 Å². The summed E-state index contributed by atoms with van der Waals surface area (Å²) in [6.45, 7) is 1.37. The summed E-state index contributed by atoms with van der Waals surface area (Å²) in [7, 11) is 3.29. The van der Waals surface area contributed by atoms with Crippen molar-refractivity contribution in [3.05, 3.63) is 48.4 Å². The first-order valence-electron chi connectivity index (χ1n) is 12.6. The number of methoxy groups -OCH3 is 2. The number of aromatic nitrogens is 4. The van der Waals surface area contributed by atoms with E-state index in [1.165, 1.54) is 0 Å². The number of nitrogens with zero attached hydrogens (tertiary/aromatic N) is 6. The molecular formula is C27H31N7O3. The maximum Gasteiger partial charge on any atom is 0.253 e. The summed E-state index contributed by atoms with van der Waals surface area (Å²) in [6, 6.07) is 9.72. The average molecular weight is 502 g/mol. The topological polar surface area (TPSA) is 118 Å². The van der Waals surface area contributed by atoms with Crippen molar-refractivity contribution in [2.75, 3.05) is 32.6 Å². The first-order valence-corrected chi connectivity index (χ1v) is 12.6. The molecule has 10 heteroatoms. The summed E-state index contributed by atoms with van der Waals surface area (Å²) < 4.78 is 12.8. The molecule has 1 saturated heterocycles. The minimum Gasteiger partial charge on any atom is -0.493 e. The van der Waals surface area contributed by atoms with Crippen LogP contribution >= 0.6 is 0 Å². The molecule has 1 unspecified atom stereocenters. The van der Waals surface area contributed by atoms with Gasteiger partial charge in [0.1, 0.15) is 5.69 Å². The lowest BCUT2D eigenvalue weighted by Crippen LogP contribution is -2.40. The van der Waals surface area contributed by atoms with Gasteiger partial charge in [-0.05, 0) is 49.8 Å². The maximum atomic E-state index is 13.1. The molecule has 0 radical (unpaired) electrons. The number of anilines is 2. The fraction of sp³-hybridized carbons (Fsp3) is 0.444. The Morgan fingerprint density at radius 1 is 1.22 bits per heavy atom. The average Bonchev–Trinajstić information content (AvgIpc) is 3.67. The SMILES string of the molecule is COc1cnc(Nc2cccc(C(=O)N3CCC(OC)CC3)c2)nc1-c1cnn(C(CC#N)C2CC2)c1. The Morgan fingerprint density at radius 2 is 2.03 bits per heavy atom. The predicted octanol–water partition coefficient (Wildman–Crippen LogP) is 4.21. The second-order valence-corrected chi connectivity index (χ2v) is 9.52. The highest BCUT2D eigenvalue weighted by Crippen LogP contribution is 2.41. The van der Waals surface area contributed by atoms with Gasteiger partial charge in [-0.3, -0.25) is 9.48 Å². The quantitative estimate of drug-likeness (QED) is 0.463. The van der Waals surface area contributed by atoms with Crippen molar-refractivity contribution in [3.8, 4) is 23.1 Å². The molecule has 37 heavy (non-hydrogen) atoms. The molecule has 1 aromatic carbocycles. The van der Waals surface area contributed by atoms with Gasteiger partial charge < -0.3 is 19.7 Å². The Morgan fingerprint density at radius 3 is 2.73 bits per heavy atom. The fourth-order valence-electron chi connectivity index (χ4n) is 4.82. The van der Waals surface area contributed by atoms with Crippen molar-refractivity contribution >= 4 is 17.5 Å². The van der Waals surface area contributed by atoms with E-state index in [-0.39, 0.29) is 18.1 Å². The van der Waals surface area contributed by atoms with Gasteiger partial charge >= 0.3 is 0 Å². The maximum absolute atomic E-state index is 13.1. The molecular weight excluding hydrogens is 470 g/mol. The number of carbonyl (C=O) groups is 1. The molecule has 10 nitrogen and oxygen atoms in total.